The Morgan fingerprint density at radius 3 is 2.96 bits per heavy atom. The van der Waals surface area contributed by atoms with Crippen molar-refractivity contribution in [2.75, 3.05) is 44.8 Å². The van der Waals surface area contributed by atoms with Crippen LogP contribution in [0.15, 0.2) is 24.3 Å². The predicted molar refractivity (Wildman–Crippen MR) is 102 cm³/mol. The predicted octanol–water partition coefficient (Wildman–Crippen LogP) is 2.20. The van der Waals surface area contributed by atoms with Crippen LogP contribution in [0.1, 0.15) is 31.7 Å². The summed E-state index contributed by atoms with van der Waals surface area (Å²) in [6, 6.07) is 7.71. The second-order valence-corrected chi connectivity index (χ2v) is 6.92. The quantitative estimate of drug-likeness (QED) is 0.630. The van der Waals surface area contributed by atoms with Crippen LogP contribution in [0.25, 0.3) is 0 Å². The molecule has 2 rings (SSSR count). The number of hydrogen-bond acceptors (Lipinski definition) is 5. The molecule has 0 aliphatic carbocycles. The molecule has 2 N–H and O–H groups in total. The van der Waals surface area contributed by atoms with E-state index in [4.69, 9.17) is 9.47 Å². The van der Waals surface area contributed by atoms with Gasteiger partial charge in [-0.25, -0.2) is 0 Å². The Morgan fingerprint density at radius 1 is 1.46 bits per heavy atom. The molecule has 0 radical (unpaired) electrons. The molecule has 2 unspecified atom stereocenters. The van der Waals surface area contributed by atoms with Crippen LogP contribution in [-0.4, -0.2) is 67.6 Å². The lowest BCUT2D eigenvalue weighted by molar-refractivity contribution is -0.117. The van der Waals surface area contributed by atoms with Crippen LogP contribution in [0.5, 0.6) is 0 Å². The van der Waals surface area contributed by atoms with Crippen molar-refractivity contribution in [3.8, 4) is 0 Å². The van der Waals surface area contributed by atoms with Gasteiger partial charge >= 0.3 is 0 Å². The second-order valence-electron chi connectivity index (χ2n) is 6.92. The summed E-state index contributed by atoms with van der Waals surface area (Å²) in [4.78, 5) is 14.3. The second kappa shape index (κ2) is 11.3. The first kappa shape index (κ1) is 20.8. The van der Waals surface area contributed by atoms with Crippen molar-refractivity contribution in [1.82, 2.24) is 4.90 Å². The van der Waals surface area contributed by atoms with Gasteiger partial charge in [-0.1, -0.05) is 25.1 Å². The van der Waals surface area contributed by atoms with E-state index in [0.29, 0.717) is 13.2 Å². The minimum absolute atomic E-state index is 0.0692. The molecule has 1 fully saturated rings. The maximum Gasteiger partial charge on any atom is 0.238 e. The standard InChI is InChI=1S/C20H32N2O4/c1-3-10-22(12-17(23)14-25-15-18-8-6-11-26-18)13-20(24)21-19-9-5-4-7-16(19)2/h4-5,7,9,17-18,23H,3,6,8,10-15H2,1-2H3,(H,21,24). The summed E-state index contributed by atoms with van der Waals surface area (Å²) in [6.45, 7) is 7.05. The monoisotopic (exact) mass is 364 g/mol. The molecular formula is C20H32N2O4. The van der Waals surface area contributed by atoms with Gasteiger partial charge in [-0.3, -0.25) is 9.69 Å². The molecule has 1 aromatic carbocycles. The fourth-order valence-corrected chi connectivity index (χ4v) is 3.12. The number of nitrogens with one attached hydrogen (secondary N) is 1. The van der Waals surface area contributed by atoms with Gasteiger partial charge in [0, 0.05) is 18.8 Å². The van der Waals surface area contributed by atoms with E-state index in [9.17, 15) is 9.90 Å². The van der Waals surface area contributed by atoms with E-state index < -0.39 is 6.10 Å². The van der Waals surface area contributed by atoms with Crippen molar-refractivity contribution < 1.29 is 19.4 Å². The summed E-state index contributed by atoms with van der Waals surface area (Å²) in [6.07, 6.45) is 2.57. The molecule has 2 atom stereocenters. The van der Waals surface area contributed by atoms with Crippen LogP contribution in [0.3, 0.4) is 0 Å². The zero-order valence-corrected chi connectivity index (χ0v) is 15.9. The molecule has 1 amide bonds. The first-order valence-electron chi connectivity index (χ1n) is 9.53. The number of benzene rings is 1. The summed E-state index contributed by atoms with van der Waals surface area (Å²) in [5.41, 5.74) is 1.86. The number of para-hydroxylation sites is 1. The first-order chi connectivity index (χ1) is 12.6. The highest BCUT2D eigenvalue weighted by atomic mass is 16.5. The van der Waals surface area contributed by atoms with Crippen molar-refractivity contribution in [2.45, 2.75) is 45.3 Å². The number of rotatable bonds is 11. The lowest BCUT2D eigenvalue weighted by Gasteiger charge is -2.24. The molecule has 6 nitrogen and oxygen atoms in total. The Hall–Kier alpha value is -1.47. The van der Waals surface area contributed by atoms with E-state index in [2.05, 4.69) is 12.2 Å². The Kier molecular flexibility index (Phi) is 9.05. The lowest BCUT2D eigenvalue weighted by atomic mass is 10.2. The molecule has 1 heterocycles. The molecule has 0 bridgehead atoms. The van der Waals surface area contributed by atoms with E-state index >= 15 is 0 Å². The van der Waals surface area contributed by atoms with Gasteiger partial charge in [0.2, 0.25) is 5.91 Å². The summed E-state index contributed by atoms with van der Waals surface area (Å²) < 4.78 is 11.1. The smallest absolute Gasteiger partial charge is 0.238 e. The van der Waals surface area contributed by atoms with E-state index in [1.165, 1.54) is 0 Å². The summed E-state index contributed by atoms with van der Waals surface area (Å²) >= 11 is 0. The molecule has 1 saturated heterocycles. The van der Waals surface area contributed by atoms with Crippen LogP contribution in [0.2, 0.25) is 0 Å². The number of carbonyl (C=O) groups excluding carboxylic acids is 1. The van der Waals surface area contributed by atoms with E-state index in [1.54, 1.807) is 0 Å². The van der Waals surface area contributed by atoms with Crippen LogP contribution in [-0.2, 0) is 14.3 Å². The number of anilines is 1. The molecular weight excluding hydrogens is 332 g/mol. The summed E-state index contributed by atoms with van der Waals surface area (Å²) in [5, 5.41) is 13.2. The summed E-state index contributed by atoms with van der Waals surface area (Å²) in [5.74, 6) is -0.0692. The van der Waals surface area contributed by atoms with Crippen LogP contribution in [0, 0.1) is 6.92 Å². The third-order valence-electron chi connectivity index (χ3n) is 4.43. The van der Waals surface area contributed by atoms with Crippen molar-refractivity contribution in [1.29, 1.82) is 0 Å². The first-order valence-corrected chi connectivity index (χ1v) is 9.53. The van der Waals surface area contributed by atoms with Crippen LogP contribution in [0.4, 0.5) is 5.69 Å². The maximum absolute atomic E-state index is 12.3. The van der Waals surface area contributed by atoms with E-state index in [0.717, 1.165) is 43.7 Å². The maximum atomic E-state index is 12.3. The van der Waals surface area contributed by atoms with Gasteiger partial charge in [0.25, 0.3) is 0 Å². The molecule has 1 aliphatic heterocycles. The topological polar surface area (TPSA) is 71.0 Å². The molecule has 0 saturated carbocycles. The van der Waals surface area contributed by atoms with Gasteiger partial charge in [-0.15, -0.1) is 0 Å². The highest BCUT2D eigenvalue weighted by molar-refractivity contribution is 5.92. The average Bonchev–Trinajstić information content (AvgIpc) is 3.10. The Bertz CT molecular complexity index is 546. The van der Waals surface area contributed by atoms with Gasteiger partial charge in [0.15, 0.2) is 0 Å². The Labute approximate surface area is 156 Å². The third-order valence-corrected chi connectivity index (χ3v) is 4.43. The van der Waals surface area contributed by atoms with Gasteiger partial charge in [-0.2, -0.15) is 0 Å². The number of carbonyl (C=O) groups is 1. The number of hydrogen-bond donors (Lipinski definition) is 2. The van der Waals surface area contributed by atoms with Crippen LogP contribution >= 0.6 is 0 Å². The Morgan fingerprint density at radius 2 is 2.27 bits per heavy atom. The van der Waals surface area contributed by atoms with Crippen molar-refractivity contribution in [3.63, 3.8) is 0 Å². The zero-order chi connectivity index (χ0) is 18.8. The van der Waals surface area contributed by atoms with Gasteiger partial charge in [0.1, 0.15) is 0 Å². The number of amides is 1. The van der Waals surface area contributed by atoms with Gasteiger partial charge < -0.3 is 19.9 Å². The molecule has 146 valence electrons. The van der Waals surface area contributed by atoms with E-state index in [1.807, 2.05) is 36.1 Å². The third kappa shape index (κ3) is 7.41. The van der Waals surface area contributed by atoms with Crippen molar-refractivity contribution in [2.24, 2.45) is 0 Å². The zero-order valence-electron chi connectivity index (χ0n) is 15.9. The molecule has 6 heteroatoms. The van der Waals surface area contributed by atoms with Gasteiger partial charge in [0.05, 0.1) is 32.0 Å². The molecule has 0 spiro atoms. The molecule has 26 heavy (non-hydrogen) atoms. The minimum Gasteiger partial charge on any atom is -0.389 e. The SMILES string of the molecule is CCCN(CC(=O)Nc1ccccc1C)CC(O)COCC1CCCO1. The molecule has 1 aromatic rings. The Balaban J connectivity index is 1.73. The fourth-order valence-electron chi connectivity index (χ4n) is 3.12. The number of aliphatic hydroxyl groups excluding tert-OH is 1. The van der Waals surface area contributed by atoms with Crippen molar-refractivity contribution >= 4 is 11.6 Å². The highest BCUT2D eigenvalue weighted by Crippen LogP contribution is 2.13. The number of aryl methyl sites for hydroxylation is 1. The highest BCUT2D eigenvalue weighted by Gasteiger charge is 2.18. The van der Waals surface area contributed by atoms with Crippen LogP contribution < -0.4 is 5.32 Å². The lowest BCUT2D eigenvalue weighted by Crippen LogP contribution is -2.40. The number of nitrogens with zero attached hydrogens (tertiary/aromatic N) is 1. The number of aliphatic hydroxyl groups is 1. The molecule has 0 aromatic heterocycles. The minimum atomic E-state index is -0.616. The number of ether oxygens (including phenoxy) is 2. The van der Waals surface area contributed by atoms with E-state index in [-0.39, 0.29) is 25.2 Å². The largest absolute Gasteiger partial charge is 0.389 e. The summed E-state index contributed by atoms with van der Waals surface area (Å²) in [7, 11) is 0. The van der Waals surface area contributed by atoms with Crippen molar-refractivity contribution in [3.05, 3.63) is 29.8 Å². The average molecular weight is 364 g/mol. The normalized spacial score (nSPS) is 18.2. The fraction of sp³-hybridized carbons (Fsp3) is 0.650. The molecule has 1 aliphatic rings. The van der Waals surface area contributed by atoms with Gasteiger partial charge in [-0.05, 0) is 44.4 Å².